The van der Waals surface area contributed by atoms with Crippen molar-refractivity contribution >= 4 is 35.0 Å². The highest BCUT2D eigenvalue weighted by atomic mass is 19.1. The maximum atomic E-state index is 15.9. The number of morpholine rings is 1. The molecule has 3 saturated heterocycles. The monoisotopic (exact) mass is 510 g/mol. The number of hydrogen-bond acceptors (Lipinski definition) is 7. The Hall–Kier alpha value is -3.01. The van der Waals surface area contributed by atoms with Crippen molar-refractivity contribution < 1.29 is 18.7 Å². The van der Waals surface area contributed by atoms with Crippen LogP contribution >= 0.6 is 0 Å². The zero-order valence-electron chi connectivity index (χ0n) is 22.0. The third-order valence-electron chi connectivity index (χ3n) is 8.70. The topological polar surface area (TPSA) is 81.0 Å². The molecule has 2 amide bonds. The number of anilines is 2. The number of hydrogen-bond donors (Lipinski definition) is 0. The summed E-state index contributed by atoms with van der Waals surface area (Å²) >= 11 is 0. The summed E-state index contributed by atoms with van der Waals surface area (Å²) < 4.78 is 21.7. The van der Waals surface area contributed by atoms with Gasteiger partial charge in [-0.3, -0.25) is 9.59 Å². The SMILES string of the molecule is C[C@@H]1CN(c2cc(F)c3c(c2)N(C)C(=O)C32CCN(C3=NC(=O)C4CCCN(C)C4=N3)CC2)C[C@H](C)O1. The standard InChI is InChI=1S/C27H35FN6O3/c1-16-14-34(15-17(2)37-16)18-12-20(28)22-21(13-18)32(4)25(36)27(22)7-10-33(11-8-27)26-29-23-19(24(35)30-26)6-5-9-31(23)3/h12-13,16-17,19H,5-11,14-15H2,1-4H3/t16-,17+,19?. The summed E-state index contributed by atoms with van der Waals surface area (Å²) in [5.41, 5.74) is 1.02. The van der Waals surface area contributed by atoms with Crippen molar-refractivity contribution in [1.82, 2.24) is 9.80 Å². The van der Waals surface area contributed by atoms with Crippen LogP contribution in [0.2, 0.25) is 0 Å². The van der Waals surface area contributed by atoms with Crippen molar-refractivity contribution in [2.75, 3.05) is 56.6 Å². The number of likely N-dealkylation sites (N-methyl/N-ethyl adjacent to an activating group) is 1. The molecule has 0 N–H and O–H groups in total. The van der Waals surface area contributed by atoms with E-state index in [4.69, 9.17) is 9.73 Å². The number of rotatable bonds is 1. The molecule has 5 aliphatic rings. The molecule has 198 valence electrons. The minimum absolute atomic E-state index is 0.0527. The number of amides is 2. The Morgan fingerprint density at radius 1 is 1.00 bits per heavy atom. The van der Waals surface area contributed by atoms with E-state index in [-0.39, 0.29) is 35.8 Å². The fraction of sp³-hybridized carbons (Fsp3) is 0.630. The lowest BCUT2D eigenvalue weighted by Gasteiger charge is -2.40. The van der Waals surface area contributed by atoms with E-state index in [0.29, 0.717) is 56.2 Å². The lowest BCUT2D eigenvalue weighted by atomic mass is 9.73. The van der Waals surface area contributed by atoms with Gasteiger partial charge in [0.2, 0.25) is 11.9 Å². The first-order valence-corrected chi connectivity index (χ1v) is 13.4. The van der Waals surface area contributed by atoms with Crippen molar-refractivity contribution in [1.29, 1.82) is 0 Å². The first-order chi connectivity index (χ1) is 17.7. The number of amidine groups is 1. The molecule has 3 atom stereocenters. The number of fused-ring (bicyclic) bond motifs is 3. The molecular weight excluding hydrogens is 475 g/mol. The lowest BCUT2D eigenvalue weighted by Crippen LogP contribution is -2.51. The first-order valence-electron chi connectivity index (χ1n) is 13.4. The zero-order valence-corrected chi connectivity index (χ0v) is 22.0. The number of benzene rings is 1. The second-order valence-corrected chi connectivity index (χ2v) is 11.3. The van der Waals surface area contributed by atoms with Crippen molar-refractivity contribution in [3.8, 4) is 0 Å². The van der Waals surface area contributed by atoms with E-state index in [1.165, 1.54) is 0 Å². The van der Waals surface area contributed by atoms with Gasteiger partial charge >= 0.3 is 0 Å². The molecular formula is C27H35FN6O3. The Labute approximate surface area is 216 Å². The van der Waals surface area contributed by atoms with Crippen LogP contribution in [0.5, 0.6) is 0 Å². The molecule has 3 fully saturated rings. The average Bonchev–Trinajstić information content (AvgIpc) is 3.06. The molecule has 1 unspecified atom stereocenters. The van der Waals surface area contributed by atoms with E-state index >= 15 is 4.39 Å². The van der Waals surface area contributed by atoms with Gasteiger partial charge in [0.15, 0.2) is 0 Å². The summed E-state index contributed by atoms with van der Waals surface area (Å²) in [6.45, 7) is 7.24. The smallest absolute Gasteiger partial charge is 0.259 e. The minimum atomic E-state index is -0.911. The number of carbonyl (C=O) groups is 2. The summed E-state index contributed by atoms with van der Waals surface area (Å²) in [6.07, 6.45) is 2.73. The molecule has 0 saturated carbocycles. The highest BCUT2D eigenvalue weighted by molar-refractivity contribution is 6.15. The van der Waals surface area contributed by atoms with Crippen LogP contribution in [0.1, 0.15) is 45.1 Å². The molecule has 10 heteroatoms. The van der Waals surface area contributed by atoms with Gasteiger partial charge in [-0.1, -0.05) is 0 Å². The van der Waals surface area contributed by atoms with Crippen LogP contribution in [0.15, 0.2) is 22.1 Å². The molecule has 6 rings (SSSR count). The third-order valence-corrected chi connectivity index (χ3v) is 8.70. The lowest BCUT2D eigenvalue weighted by molar-refractivity contribution is -0.124. The summed E-state index contributed by atoms with van der Waals surface area (Å²) in [6, 6.07) is 3.54. The van der Waals surface area contributed by atoms with Crippen LogP contribution in [0, 0.1) is 11.7 Å². The summed E-state index contributed by atoms with van der Waals surface area (Å²) in [7, 11) is 3.70. The van der Waals surface area contributed by atoms with Crippen LogP contribution in [-0.4, -0.2) is 92.4 Å². The van der Waals surface area contributed by atoms with Gasteiger partial charge in [-0.15, -0.1) is 0 Å². The Morgan fingerprint density at radius 3 is 2.41 bits per heavy atom. The van der Waals surface area contributed by atoms with Crippen LogP contribution in [-0.2, 0) is 19.7 Å². The number of aliphatic imine (C=N–C) groups is 2. The van der Waals surface area contributed by atoms with Crippen LogP contribution in [0.3, 0.4) is 0 Å². The highest BCUT2D eigenvalue weighted by Gasteiger charge is 2.53. The Kier molecular flexibility index (Phi) is 5.78. The molecule has 0 bridgehead atoms. The summed E-state index contributed by atoms with van der Waals surface area (Å²) in [4.78, 5) is 43.2. The number of guanidine groups is 1. The number of piperidine rings is 2. The van der Waals surface area contributed by atoms with Crippen molar-refractivity contribution in [2.24, 2.45) is 15.9 Å². The molecule has 0 radical (unpaired) electrons. The predicted octanol–water partition coefficient (Wildman–Crippen LogP) is 2.39. The highest BCUT2D eigenvalue weighted by Crippen LogP contribution is 2.50. The Morgan fingerprint density at radius 2 is 1.70 bits per heavy atom. The van der Waals surface area contributed by atoms with E-state index < -0.39 is 5.41 Å². The van der Waals surface area contributed by atoms with E-state index in [0.717, 1.165) is 30.9 Å². The molecule has 0 aliphatic carbocycles. The van der Waals surface area contributed by atoms with Gasteiger partial charge in [-0.25, -0.2) is 4.39 Å². The van der Waals surface area contributed by atoms with E-state index in [2.05, 4.69) is 9.89 Å². The number of halogens is 1. The van der Waals surface area contributed by atoms with Crippen LogP contribution in [0.4, 0.5) is 15.8 Å². The van der Waals surface area contributed by atoms with Crippen molar-refractivity contribution in [2.45, 2.75) is 57.2 Å². The number of likely N-dealkylation sites (tertiary alicyclic amines) is 2. The van der Waals surface area contributed by atoms with Gasteiger partial charge in [-0.2, -0.15) is 9.98 Å². The van der Waals surface area contributed by atoms with Crippen molar-refractivity contribution in [3.63, 3.8) is 0 Å². The molecule has 1 aromatic rings. The number of nitrogens with zero attached hydrogens (tertiary/aromatic N) is 6. The number of carbonyl (C=O) groups excluding carboxylic acids is 2. The zero-order chi connectivity index (χ0) is 26.1. The van der Waals surface area contributed by atoms with E-state index in [1.807, 2.05) is 36.8 Å². The fourth-order valence-corrected chi connectivity index (χ4v) is 6.86. The van der Waals surface area contributed by atoms with Crippen LogP contribution < -0.4 is 9.80 Å². The molecule has 5 aliphatic heterocycles. The molecule has 5 heterocycles. The van der Waals surface area contributed by atoms with Gasteiger partial charge in [0, 0.05) is 58.1 Å². The Bertz CT molecular complexity index is 1200. The van der Waals surface area contributed by atoms with Gasteiger partial charge in [0.05, 0.1) is 29.2 Å². The normalized spacial score (nSPS) is 29.4. The summed E-state index contributed by atoms with van der Waals surface area (Å²) in [5.74, 6) is 0.416. The predicted molar refractivity (Wildman–Crippen MR) is 140 cm³/mol. The largest absolute Gasteiger partial charge is 0.372 e. The second kappa shape index (κ2) is 8.79. The molecule has 9 nitrogen and oxygen atoms in total. The van der Waals surface area contributed by atoms with Gasteiger partial charge in [0.1, 0.15) is 11.7 Å². The number of ether oxygens (including phenoxy) is 1. The van der Waals surface area contributed by atoms with Crippen molar-refractivity contribution in [3.05, 3.63) is 23.5 Å². The Balaban J connectivity index is 1.26. The van der Waals surface area contributed by atoms with Gasteiger partial charge < -0.3 is 24.3 Å². The summed E-state index contributed by atoms with van der Waals surface area (Å²) in [5, 5.41) is 0. The maximum absolute atomic E-state index is 15.9. The molecule has 1 spiro atoms. The van der Waals surface area contributed by atoms with Crippen LogP contribution in [0.25, 0.3) is 0 Å². The first kappa shape index (κ1) is 24.3. The van der Waals surface area contributed by atoms with E-state index in [9.17, 15) is 9.59 Å². The van der Waals surface area contributed by atoms with E-state index in [1.54, 1.807) is 18.0 Å². The molecule has 37 heavy (non-hydrogen) atoms. The maximum Gasteiger partial charge on any atom is 0.259 e. The van der Waals surface area contributed by atoms with Gasteiger partial charge in [0.25, 0.3) is 5.91 Å². The molecule has 1 aromatic carbocycles. The average molecular weight is 511 g/mol. The quantitative estimate of drug-likeness (QED) is 0.577. The molecule has 0 aromatic heterocycles. The fourth-order valence-electron chi connectivity index (χ4n) is 6.86. The second-order valence-electron chi connectivity index (χ2n) is 11.3. The third kappa shape index (κ3) is 3.83. The van der Waals surface area contributed by atoms with Gasteiger partial charge in [-0.05, 0) is 51.7 Å². The minimum Gasteiger partial charge on any atom is -0.372 e.